The van der Waals surface area contributed by atoms with Gasteiger partial charge in [-0.1, -0.05) is 111 Å². The lowest BCUT2D eigenvalue weighted by Crippen LogP contribution is -2.60. The molecule has 12 amide bonds. The molecule has 3 aromatic rings. The number of methoxy groups -OCH3 is 2. The molecule has 2 aromatic carbocycles. The summed E-state index contributed by atoms with van der Waals surface area (Å²) in [7, 11) is 6.15. The van der Waals surface area contributed by atoms with Crippen LogP contribution in [0.15, 0.2) is 66.2 Å². The molecule has 2 aliphatic heterocycles. The highest BCUT2D eigenvalue weighted by Gasteiger charge is 2.45. The van der Waals surface area contributed by atoms with Crippen molar-refractivity contribution < 1.29 is 71.7 Å². The van der Waals surface area contributed by atoms with Gasteiger partial charge < -0.3 is 71.4 Å². The number of anilines is 1. The summed E-state index contributed by atoms with van der Waals surface area (Å²) in [5.41, 5.74) is 7.18. The standard InChI is InChI=1S/C77H119N13O15S4/c1-16-50(8)68(60(103-12)41-64(95)90-35-21-25-58(90)69(104-13)51(9)70(96)83-57(74-79-34-39-109-74)40-52-22-18-17-19-23-52)86(10)75(100)66(48(4)5)85-73(99)67(49(6)7)87(11)77(102)105-44-53-26-28-55(29-27-53)81-71(97)56(24-20-33-80-76(78)101)82-72(98)65(47(2)3)84-61(92)45-108-38-30-59(91)54-42-88(62(93)31-36-106-14)46-89(43-54)63(94)32-37-107-15/h17-19,22-23,26-29,34,39,47-51,54,56-58,60,65-69H,16,20-21,24-25,30-33,35-38,40-46H2,1-15H3,(H,81,97)(H,82,98)(H,83,96)(H,84,92)(H,85,99)(H3,78,80,101)/t50-,51+,56-,57-,58-,60+,65-,66-,67-,68-,69+/m0/s1. The summed E-state index contributed by atoms with van der Waals surface area (Å²) in [5, 5.41) is 19.7. The molecule has 0 spiro atoms. The summed E-state index contributed by atoms with van der Waals surface area (Å²) in [5.74, 6) is -4.79. The number of primary amides is 1. The van der Waals surface area contributed by atoms with Crippen molar-refractivity contribution in [2.24, 2.45) is 41.2 Å². The zero-order chi connectivity index (χ0) is 80.6. The van der Waals surface area contributed by atoms with Gasteiger partial charge in [-0.15, -0.1) is 11.3 Å². The number of nitrogens with one attached hydrogen (secondary N) is 6. The van der Waals surface area contributed by atoms with Crippen molar-refractivity contribution in [1.82, 2.24) is 56.1 Å². The Morgan fingerprint density at radius 3 is 1.91 bits per heavy atom. The first-order valence-electron chi connectivity index (χ1n) is 37.6. The van der Waals surface area contributed by atoms with Gasteiger partial charge >= 0.3 is 12.1 Å². The molecular formula is C77H119N13O15S4. The Bertz CT molecular complexity index is 3410. The molecular weight excluding hydrogens is 1480 g/mol. The van der Waals surface area contributed by atoms with Crippen molar-refractivity contribution in [3.8, 4) is 0 Å². The van der Waals surface area contributed by atoms with Crippen LogP contribution in [0.4, 0.5) is 15.3 Å². The number of amides is 12. The summed E-state index contributed by atoms with van der Waals surface area (Å²) in [6, 6.07) is 9.69. The van der Waals surface area contributed by atoms with Gasteiger partial charge in [-0.2, -0.15) is 35.3 Å². The quantitative estimate of drug-likeness (QED) is 0.0272. The number of thioether (sulfide) groups is 3. The fraction of sp³-hybridized carbons (Fsp3) is 0.649. The summed E-state index contributed by atoms with van der Waals surface area (Å²) in [6.07, 6.45) is 6.65. The number of ketones is 1. The van der Waals surface area contributed by atoms with Crippen molar-refractivity contribution in [2.45, 2.75) is 188 Å². The maximum Gasteiger partial charge on any atom is 0.410 e. The van der Waals surface area contributed by atoms with Crippen LogP contribution in [-0.4, -0.2) is 246 Å². The number of hydrogen-bond donors (Lipinski definition) is 7. The van der Waals surface area contributed by atoms with Crippen LogP contribution in [0.25, 0.3) is 0 Å². The van der Waals surface area contributed by atoms with Crippen LogP contribution in [0.5, 0.6) is 0 Å². The van der Waals surface area contributed by atoms with Gasteiger partial charge in [0, 0.05) is 108 Å². The number of nitrogens with two attached hydrogens (primary N) is 1. The van der Waals surface area contributed by atoms with Crippen LogP contribution in [0.2, 0.25) is 0 Å². The van der Waals surface area contributed by atoms with E-state index in [1.807, 2.05) is 82.8 Å². The number of benzene rings is 2. The van der Waals surface area contributed by atoms with E-state index in [4.69, 9.17) is 19.9 Å². The Balaban J connectivity index is 1.17. The van der Waals surface area contributed by atoms with E-state index in [2.05, 4.69) is 36.9 Å². The second-order valence-corrected chi connectivity index (χ2v) is 33.1. The van der Waals surface area contributed by atoms with Gasteiger partial charge in [-0.25, -0.2) is 14.6 Å². The Morgan fingerprint density at radius 2 is 1.35 bits per heavy atom. The molecule has 0 unspecified atom stereocenters. The van der Waals surface area contributed by atoms with Gasteiger partial charge in [0.05, 0.1) is 61.0 Å². The number of thiazole rings is 1. The molecule has 0 aliphatic carbocycles. The largest absolute Gasteiger partial charge is 0.445 e. The fourth-order valence-electron chi connectivity index (χ4n) is 13.7. The van der Waals surface area contributed by atoms with Gasteiger partial charge in [0.2, 0.25) is 53.2 Å². The second kappa shape index (κ2) is 47.0. The van der Waals surface area contributed by atoms with Gasteiger partial charge in [0.1, 0.15) is 41.6 Å². The summed E-state index contributed by atoms with van der Waals surface area (Å²) >= 11 is 5.75. The fourth-order valence-corrected chi connectivity index (χ4v) is 16.0. The molecule has 2 saturated heterocycles. The van der Waals surface area contributed by atoms with Crippen molar-refractivity contribution in [1.29, 1.82) is 0 Å². The number of Topliss-reactive ketones (excluding diaryl/α,β-unsaturated/α-hetero) is 1. The minimum Gasteiger partial charge on any atom is -0.445 e. The van der Waals surface area contributed by atoms with E-state index < -0.39 is 120 Å². The number of likely N-dealkylation sites (tertiary alicyclic amines) is 1. The number of aromatic nitrogens is 1. The molecule has 0 saturated carbocycles. The van der Waals surface area contributed by atoms with Gasteiger partial charge in [0.15, 0.2) is 0 Å². The van der Waals surface area contributed by atoms with Gasteiger partial charge in [-0.05, 0) is 91.5 Å². The number of carbonyl (C=O) groups excluding carboxylic acids is 12. The Labute approximate surface area is 660 Å². The number of urea groups is 1. The van der Waals surface area contributed by atoms with E-state index in [1.165, 1.54) is 65.7 Å². The van der Waals surface area contributed by atoms with E-state index in [-0.39, 0.29) is 111 Å². The lowest BCUT2D eigenvalue weighted by atomic mass is 9.89. The highest BCUT2D eigenvalue weighted by Crippen LogP contribution is 2.32. The molecule has 0 radical (unpaired) electrons. The molecule has 2 fully saturated rings. The van der Waals surface area contributed by atoms with E-state index in [9.17, 15) is 57.5 Å². The molecule has 1 aromatic heterocycles. The normalized spacial score (nSPS) is 16.7. The average molecular weight is 1600 g/mol. The molecule has 0 bridgehead atoms. The molecule has 606 valence electrons. The number of rotatable bonds is 45. The topological polar surface area (TPSA) is 360 Å². The monoisotopic (exact) mass is 1590 g/mol. The molecule has 11 atom stereocenters. The third-order valence-corrected chi connectivity index (χ3v) is 23.1. The van der Waals surface area contributed by atoms with E-state index in [0.29, 0.717) is 67.8 Å². The van der Waals surface area contributed by atoms with Crippen LogP contribution in [0.1, 0.15) is 142 Å². The first-order chi connectivity index (χ1) is 51.9. The molecule has 5 rings (SSSR count). The Morgan fingerprint density at radius 1 is 0.706 bits per heavy atom. The minimum absolute atomic E-state index is 0.0591. The number of nitrogens with zero attached hydrogens (tertiary/aromatic N) is 6. The van der Waals surface area contributed by atoms with E-state index in [1.54, 1.807) is 91.9 Å². The summed E-state index contributed by atoms with van der Waals surface area (Å²) < 4.78 is 18.0. The average Bonchev–Trinajstić information content (AvgIpc) is 1.75. The summed E-state index contributed by atoms with van der Waals surface area (Å²) in [4.78, 5) is 177. The Kier molecular flexibility index (Phi) is 39.7. The lowest BCUT2D eigenvalue weighted by Gasteiger charge is -2.41. The smallest absolute Gasteiger partial charge is 0.410 e. The zero-order valence-corrected chi connectivity index (χ0v) is 69.4. The third-order valence-electron chi connectivity index (χ3n) is 20.0. The van der Waals surface area contributed by atoms with Gasteiger partial charge in [0.25, 0.3) is 0 Å². The first-order valence-corrected chi connectivity index (χ1v) is 42.4. The highest BCUT2D eigenvalue weighted by molar-refractivity contribution is 8.00. The molecule has 8 N–H and O–H groups in total. The third kappa shape index (κ3) is 28.6. The van der Waals surface area contributed by atoms with E-state index >= 15 is 0 Å². The molecule has 2 aliphatic rings. The lowest BCUT2D eigenvalue weighted by molar-refractivity contribution is -0.148. The first kappa shape index (κ1) is 92.1. The predicted molar refractivity (Wildman–Crippen MR) is 428 cm³/mol. The molecule has 109 heavy (non-hydrogen) atoms. The molecule has 3 heterocycles. The van der Waals surface area contributed by atoms with Crippen LogP contribution in [0, 0.1) is 35.5 Å². The van der Waals surface area contributed by atoms with E-state index in [0.717, 1.165) is 10.6 Å². The number of hydrogen-bond acceptors (Lipinski definition) is 20. The van der Waals surface area contributed by atoms with Crippen molar-refractivity contribution in [2.75, 3.05) is 102 Å². The van der Waals surface area contributed by atoms with Crippen LogP contribution >= 0.6 is 46.6 Å². The summed E-state index contributed by atoms with van der Waals surface area (Å²) in [6.45, 7) is 17.3. The SMILES string of the molecule is CC[C@H](C)[C@@H]([C@@H](CC(=O)N1CCC[C@H]1[C@H](OC)[C@@H](C)C(=O)N[C@@H](Cc1ccccc1)c1nccs1)OC)N(C)C(=O)[C@@H](NC(=O)[C@H](C(C)C)N(C)C(=O)OCc1ccc(NC(=O)[C@H](CCCNC(N)=O)NC(=O)[C@@H](NC(=O)CSCCC(=O)C2CN(C(=O)CCSC)CN(C(=O)CCSC)C2)C(C)C)cc1)C(C)C. The Hall–Kier alpha value is -7.52. The minimum atomic E-state index is -1.15. The number of ether oxygens (including phenoxy) is 3. The van der Waals surface area contributed by atoms with Crippen molar-refractivity contribution in [3.05, 3.63) is 82.3 Å². The zero-order valence-electron chi connectivity index (χ0n) is 66.2. The molecule has 32 heteroatoms. The predicted octanol–water partition coefficient (Wildman–Crippen LogP) is 7.35. The maximum atomic E-state index is 14.9. The maximum absolute atomic E-state index is 14.9. The highest BCUT2D eigenvalue weighted by atomic mass is 32.2. The van der Waals surface area contributed by atoms with Crippen molar-refractivity contribution in [3.63, 3.8) is 0 Å². The van der Waals surface area contributed by atoms with Crippen LogP contribution in [-0.2, 0) is 75.2 Å². The van der Waals surface area contributed by atoms with Crippen LogP contribution < -0.4 is 37.6 Å². The number of carbonyl (C=O) groups is 12. The van der Waals surface area contributed by atoms with Crippen LogP contribution in [0.3, 0.4) is 0 Å². The number of likely N-dealkylation sites (N-methyl/N-ethyl adjacent to an activating group) is 2. The van der Waals surface area contributed by atoms with Crippen molar-refractivity contribution >= 4 is 123 Å². The second-order valence-electron chi connectivity index (χ2n) is 29.1. The molecule has 28 nitrogen and oxygen atoms in total. The van der Waals surface area contributed by atoms with Gasteiger partial charge in [-0.3, -0.25) is 52.8 Å².